The fourth-order valence-corrected chi connectivity index (χ4v) is 3.91. The number of carbonyl (C=O) groups is 2. The van der Waals surface area contributed by atoms with Gasteiger partial charge < -0.3 is 20.0 Å². The van der Waals surface area contributed by atoms with Crippen LogP contribution in [0.15, 0.2) is 30.5 Å². The van der Waals surface area contributed by atoms with Crippen molar-refractivity contribution in [2.75, 3.05) is 5.32 Å². The van der Waals surface area contributed by atoms with Crippen LogP contribution in [0, 0.1) is 22.8 Å². The molecule has 0 aliphatic carbocycles. The van der Waals surface area contributed by atoms with E-state index in [-0.39, 0.29) is 16.9 Å². The number of carbonyl (C=O) groups excluding carboxylic acids is 2. The van der Waals surface area contributed by atoms with Gasteiger partial charge in [-0.05, 0) is 25.8 Å². The molecule has 0 bridgehead atoms. The number of Topliss-reactive ketones (excluding diaryl/α,β-unsaturated/α-hetero) is 1. The van der Waals surface area contributed by atoms with Gasteiger partial charge in [-0.3, -0.25) is 9.59 Å². The lowest BCUT2D eigenvalue weighted by Crippen LogP contribution is -2.35. The van der Waals surface area contributed by atoms with E-state index in [2.05, 4.69) is 10.1 Å². The predicted octanol–water partition coefficient (Wildman–Crippen LogP) is 3.94. The molecular formula is C22H22F4N2O5. The Morgan fingerprint density at radius 1 is 1.24 bits per heavy atom. The van der Waals surface area contributed by atoms with E-state index in [1.807, 2.05) is 0 Å². The van der Waals surface area contributed by atoms with Gasteiger partial charge >= 0.3 is 6.61 Å². The molecule has 33 heavy (non-hydrogen) atoms. The van der Waals surface area contributed by atoms with E-state index in [4.69, 9.17) is 4.74 Å². The minimum absolute atomic E-state index is 0.117. The van der Waals surface area contributed by atoms with Crippen molar-refractivity contribution in [3.8, 4) is 5.75 Å². The first-order valence-corrected chi connectivity index (χ1v) is 9.99. The molecule has 0 saturated carbocycles. The first-order chi connectivity index (χ1) is 15.3. The van der Waals surface area contributed by atoms with Crippen molar-refractivity contribution in [2.24, 2.45) is 5.92 Å². The SMILES string of the molecule is CC(=O)c1cc(NC(=O)[C@H]2OC(C)(C)[C@H](C)[C@H]2c2ccc(F)c(F)c2OC(F)F)cc[n+]1[O-]. The summed E-state index contributed by atoms with van der Waals surface area (Å²) in [6.45, 7) is 2.78. The lowest BCUT2D eigenvalue weighted by molar-refractivity contribution is -0.607. The van der Waals surface area contributed by atoms with Crippen LogP contribution in [0.3, 0.4) is 0 Å². The number of ether oxygens (including phenoxy) is 2. The van der Waals surface area contributed by atoms with Gasteiger partial charge in [-0.15, -0.1) is 0 Å². The second-order valence-corrected chi connectivity index (χ2v) is 8.29. The molecular weight excluding hydrogens is 448 g/mol. The van der Waals surface area contributed by atoms with Crippen LogP contribution in [0.25, 0.3) is 0 Å². The van der Waals surface area contributed by atoms with Gasteiger partial charge in [-0.2, -0.15) is 17.9 Å². The number of ketones is 1. The number of amides is 1. The maximum atomic E-state index is 14.4. The van der Waals surface area contributed by atoms with Crippen molar-refractivity contribution in [1.29, 1.82) is 0 Å². The molecule has 11 heteroatoms. The average molecular weight is 470 g/mol. The number of hydrogen-bond donors (Lipinski definition) is 1. The van der Waals surface area contributed by atoms with Crippen LogP contribution in [0.2, 0.25) is 0 Å². The summed E-state index contributed by atoms with van der Waals surface area (Å²) >= 11 is 0. The molecule has 0 spiro atoms. The van der Waals surface area contributed by atoms with Crippen LogP contribution in [0.4, 0.5) is 23.2 Å². The van der Waals surface area contributed by atoms with Gasteiger partial charge in [-0.1, -0.05) is 13.0 Å². The summed E-state index contributed by atoms with van der Waals surface area (Å²) in [7, 11) is 0. The number of halogens is 4. The molecule has 1 amide bonds. The van der Waals surface area contributed by atoms with E-state index >= 15 is 0 Å². The Balaban J connectivity index is 2.02. The molecule has 3 atom stereocenters. The standard InChI is InChI=1S/C22H22F4N2O5/c1-10-16(13-5-6-14(23)17(24)18(13)32-21(25)26)19(33-22(10,3)4)20(30)27-12-7-8-28(31)15(9-12)11(2)29/h5-10,16,19,21H,1-4H3,(H,27,30)/t10-,16+,19+/m1/s1. The third kappa shape index (κ3) is 4.77. The van der Waals surface area contributed by atoms with E-state index < -0.39 is 59.2 Å². The molecule has 0 unspecified atom stereocenters. The van der Waals surface area contributed by atoms with Crippen LogP contribution < -0.4 is 14.8 Å². The second-order valence-electron chi connectivity index (χ2n) is 8.29. The van der Waals surface area contributed by atoms with E-state index in [0.29, 0.717) is 4.73 Å². The second kappa shape index (κ2) is 8.97. The third-order valence-corrected chi connectivity index (χ3v) is 5.84. The molecule has 1 aliphatic heterocycles. The van der Waals surface area contributed by atoms with Crippen LogP contribution in [-0.4, -0.2) is 30.0 Å². The van der Waals surface area contributed by atoms with Crippen molar-refractivity contribution in [3.63, 3.8) is 0 Å². The molecule has 0 radical (unpaired) electrons. The Hall–Kier alpha value is -3.21. The van der Waals surface area contributed by atoms with Gasteiger partial charge in [0.25, 0.3) is 11.6 Å². The molecule has 7 nitrogen and oxygen atoms in total. The maximum Gasteiger partial charge on any atom is 0.387 e. The summed E-state index contributed by atoms with van der Waals surface area (Å²) in [5, 5.41) is 14.2. The van der Waals surface area contributed by atoms with Crippen molar-refractivity contribution >= 4 is 17.4 Å². The highest BCUT2D eigenvalue weighted by Gasteiger charge is 2.52. The summed E-state index contributed by atoms with van der Waals surface area (Å²) < 4.78 is 64.6. The number of benzene rings is 1. The molecule has 1 saturated heterocycles. The smallest absolute Gasteiger partial charge is 0.387 e. The molecule has 1 aliphatic rings. The lowest BCUT2D eigenvalue weighted by Gasteiger charge is -2.26. The number of nitrogens with zero attached hydrogens (tertiary/aromatic N) is 1. The largest absolute Gasteiger partial charge is 0.618 e. The number of nitrogens with one attached hydrogen (secondary N) is 1. The van der Waals surface area contributed by atoms with Gasteiger partial charge in [0, 0.05) is 30.5 Å². The Kier molecular flexibility index (Phi) is 6.64. The van der Waals surface area contributed by atoms with Gasteiger partial charge in [-0.25, -0.2) is 4.39 Å². The van der Waals surface area contributed by atoms with Gasteiger partial charge in [0.15, 0.2) is 17.8 Å². The molecule has 178 valence electrons. The Bertz CT molecular complexity index is 1090. The summed E-state index contributed by atoms with van der Waals surface area (Å²) in [5.74, 6) is -6.72. The first kappa shape index (κ1) is 24.4. The quantitative estimate of drug-likeness (QED) is 0.299. The van der Waals surface area contributed by atoms with Crippen molar-refractivity contribution in [3.05, 3.63) is 58.6 Å². The Morgan fingerprint density at radius 2 is 1.91 bits per heavy atom. The number of anilines is 1. The highest BCUT2D eigenvalue weighted by molar-refractivity contribution is 5.97. The summed E-state index contributed by atoms with van der Waals surface area (Å²) in [6, 6.07) is 4.28. The molecule has 1 aromatic carbocycles. The lowest BCUT2D eigenvalue weighted by atomic mass is 9.78. The number of alkyl halides is 2. The van der Waals surface area contributed by atoms with Crippen LogP contribution >= 0.6 is 0 Å². The van der Waals surface area contributed by atoms with Crippen molar-refractivity contribution in [2.45, 2.75) is 51.9 Å². The fraction of sp³-hybridized carbons (Fsp3) is 0.409. The number of hydrogen-bond acceptors (Lipinski definition) is 5. The molecule has 2 heterocycles. The number of pyridine rings is 1. The molecule has 2 aromatic rings. The van der Waals surface area contributed by atoms with Gasteiger partial charge in [0.1, 0.15) is 6.10 Å². The van der Waals surface area contributed by atoms with Crippen LogP contribution in [0.5, 0.6) is 5.75 Å². The highest BCUT2D eigenvalue weighted by Crippen LogP contribution is 2.49. The number of aromatic nitrogens is 1. The zero-order chi connectivity index (χ0) is 24.7. The molecule has 1 fully saturated rings. The zero-order valence-corrected chi connectivity index (χ0v) is 18.2. The van der Waals surface area contributed by atoms with E-state index in [1.54, 1.807) is 20.8 Å². The van der Waals surface area contributed by atoms with E-state index in [1.165, 1.54) is 19.1 Å². The van der Waals surface area contributed by atoms with Crippen molar-refractivity contribution < 1.29 is 41.4 Å². The van der Waals surface area contributed by atoms with Gasteiger partial charge in [0.2, 0.25) is 11.6 Å². The van der Waals surface area contributed by atoms with Crippen LogP contribution in [-0.2, 0) is 9.53 Å². The predicted molar refractivity (Wildman–Crippen MR) is 108 cm³/mol. The molecule has 3 rings (SSSR count). The maximum absolute atomic E-state index is 14.4. The van der Waals surface area contributed by atoms with Crippen LogP contribution in [0.1, 0.15) is 49.7 Å². The Morgan fingerprint density at radius 3 is 2.52 bits per heavy atom. The van der Waals surface area contributed by atoms with E-state index in [9.17, 15) is 32.4 Å². The summed E-state index contributed by atoms with van der Waals surface area (Å²) in [5.41, 5.74) is -1.19. The fourth-order valence-electron chi connectivity index (χ4n) is 3.91. The summed E-state index contributed by atoms with van der Waals surface area (Å²) in [4.78, 5) is 24.7. The summed E-state index contributed by atoms with van der Waals surface area (Å²) in [6.07, 6.45) is -0.268. The minimum atomic E-state index is -3.42. The Labute approximate surface area is 186 Å². The topological polar surface area (TPSA) is 91.6 Å². The normalized spacial score (nSPS) is 21.8. The zero-order valence-electron chi connectivity index (χ0n) is 18.2. The molecule has 1 N–H and O–H groups in total. The third-order valence-electron chi connectivity index (χ3n) is 5.84. The minimum Gasteiger partial charge on any atom is -0.618 e. The molecule has 1 aromatic heterocycles. The van der Waals surface area contributed by atoms with Crippen molar-refractivity contribution in [1.82, 2.24) is 0 Å². The first-order valence-electron chi connectivity index (χ1n) is 9.99. The average Bonchev–Trinajstić information content (AvgIpc) is 2.96. The highest BCUT2D eigenvalue weighted by atomic mass is 19.3. The van der Waals surface area contributed by atoms with E-state index in [0.717, 1.165) is 18.3 Å². The van der Waals surface area contributed by atoms with Gasteiger partial charge in [0.05, 0.1) is 11.3 Å². The number of rotatable bonds is 6. The monoisotopic (exact) mass is 470 g/mol.